The predicted octanol–water partition coefficient (Wildman–Crippen LogP) is 1.43. The Morgan fingerprint density at radius 2 is 1.82 bits per heavy atom. The Balaban J connectivity index is 1.94. The first kappa shape index (κ1) is 16.3. The third kappa shape index (κ3) is 4.20. The highest BCUT2D eigenvalue weighted by atomic mass is 19.4. The number of rotatable bonds is 4. The molecule has 0 atom stereocenters. The van der Waals surface area contributed by atoms with Crippen LogP contribution in [0.25, 0.3) is 0 Å². The van der Waals surface area contributed by atoms with Crippen LogP contribution in [0, 0.1) is 0 Å². The fraction of sp³-hybridized carbons (Fsp3) is 0.429. The number of amides is 1. The third-order valence-electron chi connectivity index (χ3n) is 3.41. The second kappa shape index (κ2) is 6.35. The van der Waals surface area contributed by atoms with Crippen molar-refractivity contribution in [3.8, 4) is 0 Å². The summed E-state index contributed by atoms with van der Waals surface area (Å²) in [5.41, 5.74) is -0.123. The molecule has 1 fully saturated rings. The Hall–Kier alpha value is -2.09. The Morgan fingerprint density at radius 1 is 1.18 bits per heavy atom. The molecule has 1 saturated heterocycles. The van der Waals surface area contributed by atoms with E-state index in [1.54, 1.807) is 0 Å². The van der Waals surface area contributed by atoms with Crippen molar-refractivity contribution in [1.29, 1.82) is 0 Å². The van der Waals surface area contributed by atoms with Crippen LogP contribution in [0.4, 0.5) is 13.2 Å². The number of hydrogen-bond acceptors (Lipinski definition) is 3. The number of hydrogen-bond donors (Lipinski definition) is 1. The first-order valence-corrected chi connectivity index (χ1v) is 6.64. The van der Waals surface area contributed by atoms with Gasteiger partial charge in [-0.3, -0.25) is 14.5 Å². The molecule has 8 heteroatoms. The summed E-state index contributed by atoms with van der Waals surface area (Å²) in [7, 11) is 0. The molecule has 1 amide bonds. The Labute approximate surface area is 124 Å². The predicted molar refractivity (Wildman–Crippen MR) is 70.9 cm³/mol. The minimum absolute atomic E-state index is 0.00688. The van der Waals surface area contributed by atoms with Crippen molar-refractivity contribution >= 4 is 11.9 Å². The van der Waals surface area contributed by atoms with Crippen LogP contribution in [-0.4, -0.2) is 53.0 Å². The number of carboxylic acid groups (broad SMARTS) is 1. The van der Waals surface area contributed by atoms with Gasteiger partial charge in [-0.15, -0.1) is 0 Å². The van der Waals surface area contributed by atoms with Crippen LogP contribution in [0.5, 0.6) is 0 Å². The van der Waals surface area contributed by atoms with Crippen LogP contribution < -0.4 is 0 Å². The van der Waals surface area contributed by atoms with E-state index in [1.807, 2.05) is 0 Å². The summed E-state index contributed by atoms with van der Waals surface area (Å²) >= 11 is 0. The molecular weight excluding hydrogens is 301 g/mol. The van der Waals surface area contributed by atoms with Gasteiger partial charge in [-0.05, 0) is 17.7 Å². The summed E-state index contributed by atoms with van der Waals surface area (Å²) in [6.45, 7) is 0.816. The molecule has 0 aromatic heterocycles. The highest BCUT2D eigenvalue weighted by Gasteiger charge is 2.30. The van der Waals surface area contributed by atoms with Crippen LogP contribution in [0.1, 0.15) is 11.1 Å². The lowest BCUT2D eigenvalue weighted by Gasteiger charge is -2.33. The highest BCUT2D eigenvalue weighted by molar-refractivity contribution is 5.80. The number of carbonyl (C=O) groups is 2. The first-order valence-electron chi connectivity index (χ1n) is 6.64. The normalized spacial score (nSPS) is 16.9. The number of benzene rings is 1. The van der Waals surface area contributed by atoms with Gasteiger partial charge in [-0.1, -0.05) is 12.1 Å². The smallest absolute Gasteiger partial charge is 0.416 e. The van der Waals surface area contributed by atoms with Crippen LogP contribution in [-0.2, 0) is 22.3 Å². The number of carboxylic acids is 1. The molecule has 0 bridgehead atoms. The zero-order chi connectivity index (χ0) is 16.3. The van der Waals surface area contributed by atoms with Crippen LogP contribution in [0.15, 0.2) is 24.3 Å². The van der Waals surface area contributed by atoms with Gasteiger partial charge in [0.1, 0.15) is 0 Å². The van der Waals surface area contributed by atoms with Gasteiger partial charge in [0, 0.05) is 19.6 Å². The van der Waals surface area contributed by atoms with E-state index in [0.717, 1.165) is 12.1 Å². The van der Waals surface area contributed by atoms with Gasteiger partial charge in [-0.25, -0.2) is 0 Å². The second-order valence-electron chi connectivity index (χ2n) is 5.11. The number of aliphatic carboxylic acids is 1. The maximum atomic E-state index is 12.5. The van der Waals surface area contributed by atoms with Crippen molar-refractivity contribution in [2.75, 3.05) is 26.2 Å². The van der Waals surface area contributed by atoms with Crippen LogP contribution in [0.3, 0.4) is 0 Å². The molecule has 1 aliphatic heterocycles. The van der Waals surface area contributed by atoms with Gasteiger partial charge in [0.05, 0.1) is 18.7 Å². The molecule has 5 nitrogen and oxygen atoms in total. The largest absolute Gasteiger partial charge is 0.480 e. The summed E-state index contributed by atoms with van der Waals surface area (Å²) in [6, 6.07) is 4.67. The zero-order valence-corrected chi connectivity index (χ0v) is 11.6. The van der Waals surface area contributed by atoms with Crippen molar-refractivity contribution in [2.24, 2.45) is 0 Å². The Kier molecular flexibility index (Phi) is 4.70. The summed E-state index contributed by atoms with van der Waals surface area (Å²) in [5.74, 6) is -1.23. The molecule has 0 spiro atoms. The van der Waals surface area contributed by atoms with Gasteiger partial charge in [0.15, 0.2) is 0 Å². The van der Waals surface area contributed by atoms with Gasteiger partial charge < -0.3 is 10.0 Å². The average Bonchev–Trinajstić information content (AvgIpc) is 2.41. The van der Waals surface area contributed by atoms with Crippen LogP contribution in [0.2, 0.25) is 0 Å². The molecule has 0 aliphatic carbocycles. The summed E-state index contributed by atoms with van der Waals surface area (Å²) in [5, 5.41) is 8.69. The van der Waals surface area contributed by atoms with E-state index in [4.69, 9.17) is 5.11 Å². The Bertz CT molecular complexity index is 557. The lowest BCUT2D eigenvalue weighted by Crippen LogP contribution is -2.51. The van der Waals surface area contributed by atoms with Crippen LogP contribution >= 0.6 is 0 Å². The molecule has 0 radical (unpaired) electrons. The van der Waals surface area contributed by atoms with Gasteiger partial charge in [-0.2, -0.15) is 13.2 Å². The molecule has 1 aliphatic rings. The number of halogens is 3. The molecule has 0 saturated carbocycles. The van der Waals surface area contributed by atoms with E-state index in [-0.39, 0.29) is 25.5 Å². The van der Waals surface area contributed by atoms with E-state index >= 15 is 0 Å². The first-order chi connectivity index (χ1) is 10.3. The topological polar surface area (TPSA) is 60.9 Å². The maximum absolute atomic E-state index is 12.5. The van der Waals surface area contributed by atoms with Crippen molar-refractivity contribution < 1.29 is 27.9 Å². The van der Waals surface area contributed by atoms with Gasteiger partial charge in [0.2, 0.25) is 5.91 Å². The van der Waals surface area contributed by atoms with Gasteiger partial charge in [0.25, 0.3) is 0 Å². The van der Waals surface area contributed by atoms with E-state index in [2.05, 4.69) is 0 Å². The quantitative estimate of drug-likeness (QED) is 0.913. The molecule has 1 heterocycles. The van der Waals surface area contributed by atoms with E-state index in [0.29, 0.717) is 18.7 Å². The average molecular weight is 316 g/mol. The molecule has 1 aromatic carbocycles. The van der Waals surface area contributed by atoms with Gasteiger partial charge >= 0.3 is 12.1 Å². The fourth-order valence-corrected chi connectivity index (χ4v) is 2.27. The number of alkyl halides is 3. The van der Waals surface area contributed by atoms with Crippen molar-refractivity contribution in [3.05, 3.63) is 35.4 Å². The summed E-state index contributed by atoms with van der Waals surface area (Å²) in [6.07, 6.45) is -4.38. The standard InChI is InChI=1S/C14H15F3N2O3/c15-14(16,17)11-3-1-10(2-4-11)7-19-6-5-18(8-12(19)20)9-13(21)22/h1-4H,5-9H2,(H,21,22). The number of carbonyl (C=O) groups excluding carboxylic acids is 1. The van der Waals surface area contributed by atoms with Crippen molar-refractivity contribution in [3.63, 3.8) is 0 Å². The summed E-state index contributed by atoms with van der Waals surface area (Å²) < 4.78 is 37.4. The van der Waals surface area contributed by atoms with Crippen molar-refractivity contribution in [2.45, 2.75) is 12.7 Å². The van der Waals surface area contributed by atoms with E-state index in [1.165, 1.54) is 21.9 Å². The lowest BCUT2D eigenvalue weighted by atomic mass is 10.1. The molecule has 22 heavy (non-hydrogen) atoms. The lowest BCUT2D eigenvalue weighted by molar-refractivity contribution is -0.142. The number of nitrogens with zero attached hydrogens (tertiary/aromatic N) is 2. The van der Waals surface area contributed by atoms with E-state index < -0.39 is 17.7 Å². The molecule has 0 unspecified atom stereocenters. The number of piperazine rings is 1. The maximum Gasteiger partial charge on any atom is 0.416 e. The Morgan fingerprint density at radius 3 is 2.32 bits per heavy atom. The third-order valence-corrected chi connectivity index (χ3v) is 3.41. The molecule has 1 aromatic rings. The fourth-order valence-electron chi connectivity index (χ4n) is 2.27. The second-order valence-corrected chi connectivity index (χ2v) is 5.11. The highest BCUT2D eigenvalue weighted by Crippen LogP contribution is 2.29. The molecular formula is C14H15F3N2O3. The molecule has 2 rings (SSSR count). The molecule has 1 N–H and O–H groups in total. The zero-order valence-electron chi connectivity index (χ0n) is 11.6. The minimum Gasteiger partial charge on any atom is -0.480 e. The SMILES string of the molecule is O=C(O)CN1CCN(Cc2ccc(C(F)(F)F)cc2)C(=O)C1. The summed E-state index contributed by atoms with van der Waals surface area (Å²) in [4.78, 5) is 25.6. The van der Waals surface area contributed by atoms with Crippen molar-refractivity contribution in [1.82, 2.24) is 9.80 Å². The minimum atomic E-state index is -4.38. The molecule has 120 valence electrons. The monoisotopic (exact) mass is 316 g/mol. The van der Waals surface area contributed by atoms with E-state index in [9.17, 15) is 22.8 Å².